The fourth-order valence-electron chi connectivity index (χ4n) is 3.47. The summed E-state index contributed by atoms with van der Waals surface area (Å²) in [5.41, 5.74) is 1.57. The van der Waals surface area contributed by atoms with Gasteiger partial charge in [-0.05, 0) is 62.9 Å². The van der Waals surface area contributed by atoms with E-state index >= 15 is 0 Å². The SMILES string of the molecule is O=C(NC1CCNCC1)c1cc2c(OCC3CCC3)cccc2[nH]1. The molecule has 0 atom stereocenters. The number of hydrogen-bond acceptors (Lipinski definition) is 3. The van der Waals surface area contributed by atoms with Crippen molar-refractivity contribution < 1.29 is 9.53 Å². The number of amides is 1. The summed E-state index contributed by atoms with van der Waals surface area (Å²) in [6, 6.07) is 8.14. The topological polar surface area (TPSA) is 66.2 Å². The van der Waals surface area contributed by atoms with Crippen LogP contribution in [0.15, 0.2) is 24.3 Å². The van der Waals surface area contributed by atoms with Crippen molar-refractivity contribution in [3.63, 3.8) is 0 Å². The maximum Gasteiger partial charge on any atom is 0.267 e. The number of piperidine rings is 1. The smallest absolute Gasteiger partial charge is 0.267 e. The van der Waals surface area contributed by atoms with Crippen molar-refractivity contribution in [3.05, 3.63) is 30.0 Å². The first kappa shape index (κ1) is 15.5. The number of hydrogen-bond donors (Lipinski definition) is 3. The number of carbonyl (C=O) groups excluding carboxylic acids is 1. The summed E-state index contributed by atoms with van der Waals surface area (Å²) in [5.74, 6) is 1.54. The van der Waals surface area contributed by atoms with Crippen LogP contribution in [0.3, 0.4) is 0 Å². The molecule has 2 aliphatic rings. The van der Waals surface area contributed by atoms with E-state index in [-0.39, 0.29) is 11.9 Å². The van der Waals surface area contributed by atoms with Crippen LogP contribution in [-0.2, 0) is 0 Å². The molecule has 1 saturated heterocycles. The van der Waals surface area contributed by atoms with Crippen LogP contribution in [0.25, 0.3) is 10.9 Å². The van der Waals surface area contributed by atoms with Gasteiger partial charge < -0.3 is 20.4 Å². The van der Waals surface area contributed by atoms with E-state index in [1.165, 1.54) is 19.3 Å². The number of aromatic amines is 1. The highest BCUT2D eigenvalue weighted by atomic mass is 16.5. The molecule has 0 radical (unpaired) electrons. The second-order valence-electron chi connectivity index (χ2n) is 7.01. The molecule has 1 aliphatic carbocycles. The van der Waals surface area contributed by atoms with E-state index in [1.807, 2.05) is 24.3 Å². The fraction of sp³-hybridized carbons (Fsp3) is 0.526. The molecule has 24 heavy (non-hydrogen) atoms. The zero-order valence-electron chi connectivity index (χ0n) is 13.9. The summed E-state index contributed by atoms with van der Waals surface area (Å²) in [5, 5.41) is 7.44. The van der Waals surface area contributed by atoms with Crippen LogP contribution in [-0.4, -0.2) is 36.6 Å². The first-order valence-electron chi connectivity index (χ1n) is 9.06. The largest absolute Gasteiger partial charge is 0.493 e. The molecule has 0 bridgehead atoms. The van der Waals surface area contributed by atoms with E-state index in [0.29, 0.717) is 11.6 Å². The summed E-state index contributed by atoms with van der Waals surface area (Å²) in [4.78, 5) is 15.7. The number of ether oxygens (including phenoxy) is 1. The zero-order chi connectivity index (χ0) is 16.4. The lowest BCUT2D eigenvalue weighted by molar-refractivity contribution is 0.0925. The lowest BCUT2D eigenvalue weighted by atomic mass is 9.86. The maximum atomic E-state index is 12.5. The molecule has 2 heterocycles. The average molecular weight is 327 g/mol. The van der Waals surface area contributed by atoms with Crippen LogP contribution in [0.5, 0.6) is 5.75 Å². The van der Waals surface area contributed by atoms with E-state index in [0.717, 1.165) is 49.2 Å². The number of H-pyrrole nitrogens is 1. The van der Waals surface area contributed by atoms with Gasteiger partial charge >= 0.3 is 0 Å². The highest BCUT2D eigenvalue weighted by Gasteiger charge is 2.20. The molecule has 1 saturated carbocycles. The number of rotatable bonds is 5. The Morgan fingerprint density at radius 2 is 2.04 bits per heavy atom. The Morgan fingerprint density at radius 3 is 2.79 bits per heavy atom. The maximum absolute atomic E-state index is 12.5. The third kappa shape index (κ3) is 3.26. The Balaban J connectivity index is 1.48. The van der Waals surface area contributed by atoms with Crippen molar-refractivity contribution in [1.29, 1.82) is 0 Å². The quantitative estimate of drug-likeness (QED) is 0.791. The second kappa shape index (κ2) is 6.85. The molecule has 0 spiro atoms. The van der Waals surface area contributed by atoms with E-state index in [2.05, 4.69) is 15.6 Å². The normalized spacial score (nSPS) is 19.2. The highest BCUT2D eigenvalue weighted by Crippen LogP contribution is 2.30. The molecule has 4 rings (SSSR count). The predicted octanol–water partition coefficient (Wildman–Crippen LogP) is 2.83. The molecule has 0 unspecified atom stereocenters. The van der Waals surface area contributed by atoms with Crippen LogP contribution in [0.2, 0.25) is 0 Å². The number of carbonyl (C=O) groups is 1. The van der Waals surface area contributed by atoms with E-state index < -0.39 is 0 Å². The standard InChI is InChI=1S/C19H25N3O2/c23-19(21-14-7-9-20-10-8-14)17-11-15-16(22-17)5-2-6-18(15)24-12-13-3-1-4-13/h2,5-6,11,13-14,20,22H,1,3-4,7-10,12H2,(H,21,23). The monoisotopic (exact) mass is 327 g/mol. The summed E-state index contributed by atoms with van der Waals surface area (Å²) in [6.07, 6.45) is 5.84. The lowest BCUT2D eigenvalue weighted by Crippen LogP contribution is -2.42. The average Bonchev–Trinajstić information content (AvgIpc) is 2.99. The van der Waals surface area contributed by atoms with Crippen LogP contribution in [0.1, 0.15) is 42.6 Å². The van der Waals surface area contributed by atoms with Crippen molar-refractivity contribution in [2.45, 2.75) is 38.1 Å². The van der Waals surface area contributed by atoms with Crippen molar-refractivity contribution in [1.82, 2.24) is 15.6 Å². The van der Waals surface area contributed by atoms with Gasteiger partial charge in [0.05, 0.1) is 6.61 Å². The Bertz CT molecular complexity index is 714. The molecule has 2 fully saturated rings. The molecule has 1 aromatic carbocycles. The molecular formula is C19H25N3O2. The van der Waals surface area contributed by atoms with Crippen molar-refractivity contribution in [2.24, 2.45) is 5.92 Å². The molecule has 2 aromatic rings. The van der Waals surface area contributed by atoms with Gasteiger partial charge in [0.1, 0.15) is 11.4 Å². The predicted molar refractivity (Wildman–Crippen MR) is 94.5 cm³/mol. The van der Waals surface area contributed by atoms with Crippen molar-refractivity contribution in [3.8, 4) is 5.75 Å². The summed E-state index contributed by atoms with van der Waals surface area (Å²) in [7, 11) is 0. The Hall–Kier alpha value is -2.01. The molecule has 128 valence electrons. The molecule has 1 amide bonds. The van der Waals surface area contributed by atoms with E-state index in [4.69, 9.17) is 4.74 Å². The third-order valence-electron chi connectivity index (χ3n) is 5.24. The number of benzene rings is 1. The van der Waals surface area contributed by atoms with Crippen LogP contribution >= 0.6 is 0 Å². The molecular weight excluding hydrogens is 302 g/mol. The lowest BCUT2D eigenvalue weighted by Gasteiger charge is -2.25. The minimum Gasteiger partial charge on any atom is -0.493 e. The summed E-state index contributed by atoms with van der Waals surface area (Å²) >= 11 is 0. The first-order valence-corrected chi connectivity index (χ1v) is 9.06. The van der Waals surface area contributed by atoms with Gasteiger partial charge in [-0.15, -0.1) is 0 Å². The summed E-state index contributed by atoms with van der Waals surface area (Å²) in [6.45, 7) is 2.72. The van der Waals surface area contributed by atoms with Gasteiger partial charge in [0.15, 0.2) is 0 Å². The van der Waals surface area contributed by atoms with Crippen molar-refractivity contribution in [2.75, 3.05) is 19.7 Å². The van der Waals surface area contributed by atoms with Gasteiger partial charge in [0.2, 0.25) is 0 Å². The highest BCUT2D eigenvalue weighted by molar-refractivity contribution is 5.99. The molecule has 1 aliphatic heterocycles. The molecule has 5 heteroatoms. The zero-order valence-corrected chi connectivity index (χ0v) is 13.9. The minimum atomic E-state index is -0.0250. The molecule has 5 nitrogen and oxygen atoms in total. The van der Waals surface area contributed by atoms with Crippen LogP contribution < -0.4 is 15.4 Å². The fourth-order valence-corrected chi connectivity index (χ4v) is 3.47. The summed E-state index contributed by atoms with van der Waals surface area (Å²) < 4.78 is 6.01. The minimum absolute atomic E-state index is 0.0250. The first-order chi connectivity index (χ1) is 11.8. The number of fused-ring (bicyclic) bond motifs is 1. The van der Waals surface area contributed by atoms with Crippen LogP contribution in [0.4, 0.5) is 0 Å². The number of aromatic nitrogens is 1. The van der Waals surface area contributed by atoms with Gasteiger partial charge in [-0.25, -0.2) is 0 Å². The van der Waals surface area contributed by atoms with E-state index in [1.54, 1.807) is 0 Å². The van der Waals surface area contributed by atoms with Gasteiger partial charge in [0.25, 0.3) is 5.91 Å². The van der Waals surface area contributed by atoms with Gasteiger partial charge in [-0.1, -0.05) is 12.5 Å². The molecule has 1 aromatic heterocycles. The number of nitrogens with one attached hydrogen (secondary N) is 3. The van der Waals surface area contributed by atoms with Gasteiger partial charge in [-0.2, -0.15) is 0 Å². The molecule has 3 N–H and O–H groups in total. The van der Waals surface area contributed by atoms with Gasteiger partial charge in [0, 0.05) is 16.9 Å². The van der Waals surface area contributed by atoms with Gasteiger partial charge in [-0.3, -0.25) is 4.79 Å². The second-order valence-corrected chi connectivity index (χ2v) is 7.01. The Labute approximate surface area is 142 Å². The third-order valence-corrected chi connectivity index (χ3v) is 5.24. The van der Waals surface area contributed by atoms with E-state index in [9.17, 15) is 4.79 Å². The van der Waals surface area contributed by atoms with Crippen LogP contribution in [0, 0.1) is 5.92 Å². The van der Waals surface area contributed by atoms with Crippen molar-refractivity contribution >= 4 is 16.8 Å². The Kier molecular flexibility index (Phi) is 4.43. The Morgan fingerprint density at radius 1 is 1.21 bits per heavy atom.